The Hall–Kier alpha value is -7.08. The van der Waals surface area contributed by atoms with E-state index in [1.807, 2.05) is 88.4 Å². The quantitative estimate of drug-likeness (QED) is 0.0612. The van der Waals surface area contributed by atoms with Crippen LogP contribution in [0.4, 0.5) is 9.59 Å². The summed E-state index contributed by atoms with van der Waals surface area (Å²) in [6, 6.07) is 24.7. The fraction of sp³-hybridized carbons (Fsp3) is 0.356. The van der Waals surface area contributed by atoms with Crippen LogP contribution in [0.2, 0.25) is 0 Å². The van der Waals surface area contributed by atoms with Gasteiger partial charge in [-0.3, -0.25) is 24.0 Å². The van der Waals surface area contributed by atoms with Crippen molar-refractivity contribution in [1.29, 1.82) is 0 Å². The molecule has 7 N–H and O–H groups in total. The van der Waals surface area contributed by atoms with Gasteiger partial charge < -0.3 is 58.9 Å². The summed E-state index contributed by atoms with van der Waals surface area (Å²) in [6.07, 6.45) is 6.70. The normalized spacial score (nSPS) is 11.5. The van der Waals surface area contributed by atoms with Crippen molar-refractivity contribution in [3.8, 4) is 0 Å². The molecule has 0 aliphatic heterocycles. The summed E-state index contributed by atoms with van der Waals surface area (Å²) in [6.45, 7) is 8.36. The first-order valence-electron chi connectivity index (χ1n) is 19.9. The van der Waals surface area contributed by atoms with E-state index >= 15 is 0 Å². The van der Waals surface area contributed by atoms with E-state index in [4.69, 9.17) is 14.6 Å². The van der Waals surface area contributed by atoms with Crippen LogP contribution in [0.25, 0.3) is 0 Å². The van der Waals surface area contributed by atoms with Gasteiger partial charge in [0.2, 0.25) is 11.8 Å². The first-order valence-corrected chi connectivity index (χ1v) is 19.9. The molecule has 346 valence electrons. The van der Waals surface area contributed by atoms with Crippen LogP contribution in [-0.4, -0.2) is 84.1 Å². The molecular weight excluding hydrogens is 848 g/mol. The minimum absolute atomic E-state index is 0. The molecule has 2 heterocycles. The van der Waals surface area contributed by atoms with E-state index < -0.39 is 36.0 Å². The number of hydrogen-bond acceptors (Lipinski definition) is 9. The lowest BCUT2D eigenvalue weighted by Crippen LogP contribution is -3.00. The van der Waals surface area contributed by atoms with Crippen molar-refractivity contribution < 1.29 is 69.7 Å². The molecule has 4 aromatic rings. The van der Waals surface area contributed by atoms with Gasteiger partial charge in [0.25, 0.3) is 25.3 Å². The number of carboxylic acids is 1. The number of ether oxygens (including phenoxy) is 2. The van der Waals surface area contributed by atoms with E-state index in [0.29, 0.717) is 24.0 Å². The zero-order chi connectivity index (χ0) is 45.4. The standard InChI is InChI=1S/C22H26N4O6.C22H28N4O4.CH4.ClH/c1-15(12-17-6-4-3-5-7-17)24-22(31)32-14-26-10-8-18(9-11-26)20(28)23-13-19(27)25-16(2)21(29)30;1-16(2)24-20(27)14-23-21(28)19-9-11-26(12-10-19)15-30-22(29)25-17(3)13-18-7-5-4-6-8-18;;/h3-11,15-16H,12-14H2,1-2H3,(H3-,23,24,25,27,28,29,30,31);4-12,16-17H,13-15H2,1-3H3,(H2-,23,24,25,27,28,29);1H4;1H/p+1/t15-,16-;17-;;/m00../s1. The summed E-state index contributed by atoms with van der Waals surface area (Å²) in [5.41, 5.74) is 2.94. The van der Waals surface area contributed by atoms with Gasteiger partial charge in [-0.2, -0.15) is 9.13 Å². The SMILES string of the molecule is C.CC(C)NC(=O)CNC(=O)c1cc[n+](COC(=O)N[C@@H](C)Cc2ccccc2)cc1.C[C@H](NC(=O)CNC(=O)c1cc[n+](COC(=O)N[C@@H](C)Cc2ccccc2)cc1)C(=O)O.[Cl-]. The molecule has 0 radical (unpaired) electrons. The molecule has 0 fully saturated rings. The van der Waals surface area contributed by atoms with Gasteiger partial charge in [0.05, 0.1) is 24.2 Å². The summed E-state index contributed by atoms with van der Waals surface area (Å²) in [5.74, 6) is -2.87. The van der Waals surface area contributed by atoms with Crippen LogP contribution >= 0.6 is 0 Å². The van der Waals surface area contributed by atoms with Crippen molar-refractivity contribution in [2.24, 2.45) is 0 Å². The molecule has 0 saturated heterocycles. The third-order valence-corrected chi connectivity index (χ3v) is 8.51. The van der Waals surface area contributed by atoms with Gasteiger partial charge in [-0.15, -0.1) is 0 Å². The number of rotatable bonds is 19. The molecule has 0 saturated carbocycles. The highest BCUT2D eigenvalue weighted by Crippen LogP contribution is 2.04. The van der Waals surface area contributed by atoms with Crippen LogP contribution < -0.4 is 53.4 Å². The Morgan fingerprint density at radius 1 is 0.547 bits per heavy atom. The molecule has 0 spiro atoms. The predicted molar refractivity (Wildman–Crippen MR) is 232 cm³/mol. The Labute approximate surface area is 379 Å². The maximum atomic E-state index is 12.1. The Morgan fingerprint density at radius 2 is 0.906 bits per heavy atom. The van der Waals surface area contributed by atoms with E-state index in [1.54, 1.807) is 46.1 Å². The minimum atomic E-state index is -1.17. The van der Waals surface area contributed by atoms with Gasteiger partial charge in [0.1, 0.15) is 6.04 Å². The van der Waals surface area contributed by atoms with Gasteiger partial charge in [0.15, 0.2) is 24.8 Å². The predicted octanol–water partition coefficient (Wildman–Crippen LogP) is -0.208. The van der Waals surface area contributed by atoms with Crippen LogP contribution in [0.3, 0.4) is 0 Å². The maximum Gasteiger partial charge on any atom is 0.412 e. The summed E-state index contributed by atoms with van der Waals surface area (Å²) in [5, 5.41) is 24.2. The van der Waals surface area contributed by atoms with Crippen LogP contribution in [0.15, 0.2) is 110 Å². The second-order valence-electron chi connectivity index (χ2n) is 14.5. The molecule has 3 atom stereocenters. The molecule has 2 aromatic heterocycles. The number of carbonyl (C=O) groups is 7. The highest BCUT2D eigenvalue weighted by molar-refractivity contribution is 5.97. The van der Waals surface area contributed by atoms with Crippen molar-refractivity contribution in [2.45, 2.75) is 92.5 Å². The number of halogens is 1. The largest absolute Gasteiger partial charge is 1.00 e. The fourth-order valence-corrected chi connectivity index (χ4v) is 5.43. The first-order chi connectivity index (χ1) is 29.6. The molecule has 4 rings (SSSR count). The van der Waals surface area contributed by atoms with Crippen molar-refractivity contribution in [3.05, 3.63) is 132 Å². The summed E-state index contributed by atoms with van der Waals surface area (Å²) < 4.78 is 13.6. The second kappa shape index (κ2) is 29.3. The van der Waals surface area contributed by atoms with Crippen LogP contribution in [-0.2, 0) is 50.2 Å². The number of carbonyl (C=O) groups excluding carboxylic acids is 6. The molecule has 19 heteroatoms. The third kappa shape index (κ3) is 22.1. The molecule has 0 bridgehead atoms. The van der Waals surface area contributed by atoms with Gasteiger partial charge in [-0.25, -0.2) is 9.59 Å². The summed E-state index contributed by atoms with van der Waals surface area (Å²) in [7, 11) is 0. The number of nitrogens with one attached hydrogen (secondary N) is 6. The van der Waals surface area contributed by atoms with E-state index in [9.17, 15) is 33.6 Å². The average molecular weight is 908 g/mol. The second-order valence-corrected chi connectivity index (χ2v) is 14.5. The summed E-state index contributed by atoms with van der Waals surface area (Å²) >= 11 is 0. The number of aliphatic carboxylic acids is 1. The average Bonchev–Trinajstić information content (AvgIpc) is 3.24. The Bertz CT molecular complexity index is 2080. The van der Waals surface area contributed by atoms with Crippen LogP contribution in [0.1, 0.15) is 73.9 Å². The van der Waals surface area contributed by atoms with E-state index in [-0.39, 0.29) is 76.3 Å². The molecule has 64 heavy (non-hydrogen) atoms. The van der Waals surface area contributed by atoms with Crippen LogP contribution in [0.5, 0.6) is 0 Å². The van der Waals surface area contributed by atoms with Gasteiger partial charge in [-0.05, 0) is 58.6 Å². The molecule has 0 unspecified atom stereocenters. The zero-order valence-electron chi connectivity index (χ0n) is 35.8. The van der Waals surface area contributed by atoms with E-state index in [2.05, 4.69) is 31.9 Å². The van der Waals surface area contributed by atoms with Gasteiger partial charge in [-0.1, -0.05) is 68.1 Å². The number of amides is 6. The minimum Gasteiger partial charge on any atom is -1.00 e. The monoisotopic (exact) mass is 907 g/mol. The molecule has 0 aliphatic rings. The lowest BCUT2D eigenvalue weighted by molar-refractivity contribution is -0.727. The number of hydrogen-bond donors (Lipinski definition) is 7. The Kier molecular flexibility index (Phi) is 25.1. The number of pyridine rings is 2. The van der Waals surface area contributed by atoms with Gasteiger partial charge in [0, 0.05) is 42.4 Å². The van der Waals surface area contributed by atoms with Crippen molar-refractivity contribution in [2.75, 3.05) is 13.1 Å². The molecule has 6 amide bonds. The number of alkyl carbamates (subject to hydrolysis) is 2. The van der Waals surface area contributed by atoms with E-state index in [0.717, 1.165) is 11.1 Å². The molecule has 0 aliphatic carbocycles. The lowest BCUT2D eigenvalue weighted by atomic mass is 10.1. The highest BCUT2D eigenvalue weighted by atomic mass is 35.5. The number of benzene rings is 2. The van der Waals surface area contributed by atoms with Crippen molar-refractivity contribution in [3.63, 3.8) is 0 Å². The molecular formula is C45H60ClN8O10+. The molecule has 2 aromatic carbocycles. The lowest BCUT2D eigenvalue weighted by Gasteiger charge is -2.13. The fourth-order valence-electron chi connectivity index (χ4n) is 5.43. The maximum absolute atomic E-state index is 12.1. The van der Waals surface area contributed by atoms with Crippen molar-refractivity contribution in [1.82, 2.24) is 31.9 Å². The smallest absolute Gasteiger partial charge is 0.412 e. The topological polar surface area (TPSA) is 238 Å². The number of nitrogens with zero attached hydrogens (tertiary/aromatic N) is 2. The number of aromatic nitrogens is 2. The number of carboxylic acid groups (broad SMARTS) is 1. The zero-order valence-corrected chi connectivity index (χ0v) is 36.6. The first kappa shape index (κ1) is 54.9. The van der Waals surface area contributed by atoms with Gasteiger partial charge >= 0.3 is 18.2 Å². The van der Waals surface area contributed by atoms with Crippen molar-refractivity contribution >= 4 is 41.8 Å². The highest BCUT2D eigenvalue weighted by Gasteiger charge is 2.17. The summed E-state index contributed by atoms with van der Waals surface area (Å²) in [4.78, 5) is 82.1. The van der Waals surface area contributed by atoms with Crippen LogP contribution in [0, 0.1) is 0 Å². The third-order valence-electron chi connectivity index (χ3n) is 8.51. The Balaban J connectivity index is 0.000000622. The Morgan fingerprint density at radius 3 is 1.25 bits per heavy atom. The van der Waals surface area contributed by atoms with E-state index in [1.165, 1.54) is 19.1 Å². The molecule has 18 nitrogen and oxygen atoms in total.